The average Bonchev–Trinajstić information content (AvgIpc) is 2.37. The van der Waals surface area contributed by atoms with Crippen molar-refractivity contribution < 1.29 is 31.1 Å². The maximum absolute atomic E-state index is 13.8. The van der Waals surface area contributed by atoms with Gasteiger partial charge >= 0.3 is 12.8 Å². The van der Waals surface area contributed by atoms with Gasteiger partial charge in [-0.1, -0.05) is 18.2 Å². The third kappa shape index (κ3) is 3.48. The van der Waals surface area contributed by atoms with Crippen LogP contribution in [0, 0.1) is 5.82 Å². The van der Waals surface area contributed by atoms with E-state index in [1.165, 1.54) is 6.07 Å². The summed E-state index contributed by atoms with van der Waals surface area (Å²) in [4.78, 5) is 0. The van der Waals surface area contributed by atoms with Gasteiger partial charge < -0.3 is 4.74 Å². The minimum atomic E-state index is -4.53. The van der Waals surface area contributed by atoms with Gasteiger partial charge in [-0.15, -0.1) is 0 Å². The van der Waals surface area contributed by atoms with Crippen LogP contribution in [0.4, 0.5) is 26.3 Å². The van der Waals surface area contributed by atoms with E-state index in [0.717, 1.165) is 36.4 Å². The molecule has 0 N–H and O–H groups in total. The molecule has 2 aromatic carbocycles. The Kier molecular flexibility index (Phi) is 4.11. The van der Waals surface area contributed by atoms with Crippen molar-refractivity contribution in [3.63, 3.8) is 0 Å². The molecule has 2 rings (SSSR count). The van der Waals surface area contributed by atoms with Crippen LogP contribution in [0.1, 0.15) is 5.56 Å². The number of hydrogen-bond donors (Lipinski definition) is 0. The van der Waals surface area contributed by atoms with E-state index in [2.05, 4.69) is 4.74 Å². The summed E-state index contributed by atoms with van der Waals surface area (Å²) in [6.07, 6.45) is -4.53. The van der Waals surface area contributed by atoms with Gasteiger partial charge in [0.05, 0.1) is 11.1 Å². The molecule has 0 saturated carbocycles. The van der Waals surface area contributed by atoms with Crippen molar-refractivity contribution in [2.75, 3.05) is 0 Å². The van der Waals surface area contributed by atoms with E-state index in [1.54, 1.807) is 0 Å². The van der Waals surface area contributed by atoms with Crippen molar-refractivity contribution in [1.29, 1.82) is 0 Å². The number of hydrogen-bond acceptors (Lipinski definition) is 1. The van der Waals surface area contributed by atoms with Crippen molar-refractivity contribution in [1.82, 2.24) is 0 Å². The summed E-state index contributed by atoms with van der Waals surface area (Å²) in [5.41, 5.74) is -1.22. The molecule has 0 radical (unpaired) electrons. The molecule has 0 unspecified atom stereocenters. The minimum Gasteiger partial charge on any atom is -0.434 e. The summed E-state index contributed by atoms with van der Waals surface area (Å²) in [7, 11) is 0. The SMILES string of the molecule is Fc1cccc(OC(F)F)c1-c1ccc(C(F)(F)F)cc1. The normalized spacial score (nSPS) is 11.8. The van der Waals surface area contributed by atoms with Crippen molar-refractivity contribution >= 4 is 0 Å². The smallest absolute Gasteiger partial charge is 0.416 e. The Morgan fingerprint density at radius 1 is 0.905 bits per heavy atom. The second-order valence-corrected chi connectivity index (χ2v) is 4.07. The average molecular weight is 306 g/mol. The quantitative estimate of drug-likeness (QED) is 0.716. The van der Waals surface area contributed by atoms with Crippen LogP contribution in [0.15, 0.2) is 42.5 Å². The molecular weight excluding hydrogens is 298 g/mol. The Morgan fingerprint density at radius 3 is 2.05 bits per heavy atom. The van der Waals surface area contributed by atoms with Gasteiger partial charge in [0.15, 0.2) is 0 Å². The number of halogens is 6. The lowest BCUT2D eigenvalue weighted by Gasteiger charge is -2.13. The molecule has 112 valence electrons. The molecule has 2 aromatic rings. The highest BCUT2D eigenvalue weighted by Crippen LogP contribution is 2.36. The number of benzene rings is 2. The first-order chi connectivity index (χ1) is 9.79. The molecule has 7 heteroatoms. The summed E-state index contributed by atoms with van der Waals surface area (Å²) in [5.74, 6) is -1.31. The number of rotatable bonds is 3. The van der Waals surface area contributed by atoms with E-state index in [0.29, 0.717) is 0 Å². The Labute approximate surface area is 115 Å². The molecule has 0 atom stereocenters. The van der Waals surface area contributed by atoms with Crippen LogP contribution < -0.4 is 4.74 Å². The molecule has 0 saturated heterocycles. The lowest BCUT2D eigenvalue weighted by molar-refractivity contribution is -0.137. The van der Waals surface area contributed by atoms with E-state index < -0.39 is 29.9 Å². The van der Waals surface area contributed by atoms with E-state index in [4.69, 9.17) is 0 Å². The van der Waals surface area contributed by atoms with Crippen molar-refractivity contribution in [3.8, 4) is 16.9 Å². The van der Waals surface area contributed by atoms with Gasteiger partial charge in [-0.3, -0.25) is 0 Å². The van der Waals surface area contributed by atoms with Gasteiger partial charge in [-0.25, -0.2) is 4.39 Å². The Balaban J connectivity index is 2.46. The van der Waals surface area contributed by atoms with Crippen LogP contribution in [0.3, 0.4) is 0 Å². The second kappa shape index (κ2) is 5.67. The standard InChI is InChI=1S/C14H8F6O/c15-10-2-1-3-11(21-13(16)17)12(10)8-4-6-9(7-5-8)14(18,19)20/h1-7,13H. The molecule has 1 nitrogen and oxygen atoms in total. The zero-order valence-electron chi connectivity index (χ0n) is 10.3. The second-order valence-electron chi connectivity index (χ2n) is 4.07. The highest BCUT2D eigenvalue weighted by Gasteiger charge is 2.30. The lowest BCUT2D eigenvalue weighted by Crippen LogP contribution is -2.05. The fourth-order valence-electron chi connectivity index (χ4n) is 1.80. The van der Waals surface area contributed by atoms with Crippen LogP contribution >= 0.6 is 0 Å². The molecule has 0 fully saturated rings. The van der Waals surface area contributed by atoms with Crippen LogP contribution in [0.2, 0.25) is 0 Å². The molecular formula is C14H8F6O. The zero-order valence-corrected chi connectivity index (χ0v) is 10.3. The zero-order chi connectivity index (χ0) is 15.6. The summed E-state index contributed by atoms with van der Waals surface area (Å²) in [6.45, 7) is -3.17. The van der Waals surface area contributed by atoms with Gasteiger partial charge in [-0.2, -0.15) is 22.0 Å². The first-order valence-electron chi connectivity index (χ1n) is 5.70. The predicted octanol–water partition coefficient (Wildman–Crippen LogP) is 5.11. The Morgan fingerprint density at radius 2 is 1.52 bits per heavy atom. The van der Waals surface area contributed by atoms with Crippen molar-refractivity contribution in [3.05, 3.63) is 53.8 Å². The predicted molar refractivity (Wildman–Crippen MR) is 63.5 cm³/mol. The highest BCUT2D eigenvalue weighted by molar-refractivity contribution is 5.71. The van der Waals surface area contributed by atoms with Gasteiger partial charge in [0.2, 0.25) is 0 Å². The maximum Gasteiger partial charge on any atom is 0.416 e. The Hall–Kier alpha value is -2.18. The summed E-state index contributed by atoms with van der Waals surface area (Å²) < 4.78 is 79.9. The van der Waals surface area contributed by atoms with Crippen LogP contribution in [0.25, 0.3) is 11.1 Å². The highest BCUT2D eigenvalue weighted by atomic mass is 19.4. The third-order valence-electron chi connectivity index (χ3n) is 2.69. The van der Waals surface area contributed by atoms with E-state index in [-0.39, 0.29) is 11.1 Å². The fraction of sp³-hybridized carbons (Fsp3) is 0.143. The van der Waals surface area contributed by atoms with Crippen LogP contribution in [-0.4, -0.2) is 6.61 Å². The Bertz CT molecular complexity index is 618. The van der Waals surface area contributed by atoms with Crippen LogP contribution in [0.5, 0.6) is 5.75 Å². The monoisotopic (exact) mass is 306 g/mol. The molecule has 0 amide bonds. The minimum absolute atomic E-state index is 0.0109. The summed E-state index contributed by atoms with van der Waals surface area (Å²) in [6, 6.07) is 6.77. The van der Waals surface area contributed by atoms with E-state index >= 15 is 0 Å². The van der Waals surface area contributed by atoms with E-state index in [9.17, 15) is 26.3 Å². The van der Waals surface area contributed by atoms with Crippen LogP contribution in [-0.2, 0) is 6.18 Å². The molecule has 21 heavy (non-hydrogen) atoms. The topological polar surface area (TPSA) is 9.23 Å². The number of ether oxygens (including phenoxy) is 1. The molecule has 0 aromatic heterocycles. The fourth-order valence-corrected chi connectivity index (χ4v) is 1.80. The maximum atomic E-state index is 13.8. The molecule has 0 heterocycles. The van der Waals surface area contributed by atoms with Gasteiger partial charge in [-0.05, 0) is 29.8 Å². The van der Waals surface area contributed by atoms with Crippen molar-refractivity contribution in [2.45, 2.75) is 12.8 Å². The van der Waals surface area contributed by atoms with Crippen molar-refractivity contribution in [2.24, 2.45) is 0 Å². The molecule has 0 spiro atoms. The first kappa shape index (κ1) is 15.2. The molecule has 0 aliphatic heterocycles. The molecule has 0 bridgehead atoms. The number of alkyl halides is 5. The molecule has 0 aliphatic carbocycles. The third-order valence-corrected chi connectivity index (χ3v) is 2.69. The van der Waals surface area contributed by atoms with Gasteiger partial charge in [0.25, 0.3) is 0 Å². The van der Waals surface area contributed by atoms with Gasteiger partial charge in [0, 0.05) is 0 Å². The molecule has 0 aliphatic rings. The summed E-state index contributed by atoms with van der Waals surface area (Å²) >= 11 is 0. The largest absolute Gasteiger partial charge is 0.434 e. The first-order valence-corrected chi connectivity index (χ1v) is 5.70. The summed E-state index contributed by atoms with van der Waals surface area (Å²) in [5, 5.41) is 0. The lowest BCUT2D eigenvalue weighted by atomic mass is 10.0. The van der Waals surface area contributed by atoms with Gasteiger partial charge in [0.1, 0.15) is 11.6 Å². The van der Waals surface area contributed by atoms with E-state index in [1.807, 2.05) is 0 Å².